The molecule has 2 aliphatic heterocycles. The molecular formula is C23H32N4O2. The predicted molar refractivity (Wildman–Crippen MR) is 115 cm³/mol. The molecule has 1 aromatic carbocycles. The van der Waals surface area contributed by atoms with Crippen LogP contribution in [0.3, 0.4) is 0 Å². The Morgan fingerprint density at radius 2 is 1.86 bits per heavy atom. The third kappa shape index (κ3) is 5.19. The molecule has 2 fully saturated rings. The molecule has 3 heterocycles. The molecule has 2 aromatic rings. The van der Waals surface area contributed by atoms with Crippen molar-refractivity contribution in [2.75, 3.05) is 44.7 Å². The first-order valence-corrected chi connectivity index (χ1v) is 10.7. The molecule has 0 atom stereocenters. The first-order chi connectivity index (χ1) is 14.1. The highest BCUT2D eigenvalue weighted by molar-refractivity contribution is 5.93. The van der Waals surface area contributed by atoms with Gasteiger partial charge in [-0.15, -0.1) is 0 Å². The molecule has 0 aliphatic carbocycles. The van der Waals surface area contributed by atoms with Gasteiger partial charge in [-0.05, 0) is 75.6 Å². The minimum absolute atomic E-state index is 0.00314. The maximum Gasteiger partial charge on any atom is 0.321 e. The number of aryl methyl sites for hydroxylation is 1. The number of amides is 2. The molecule has 0 bridgehead atoms. The molecule has 2 amide bonds. The summed E-state index contributed by atoms with van der Waals surface area (Å²) in [5, 5.41) is 2.85. The standard InChI is InChI=1S/C23H32N4O2/c1-18-3-8-22(29-18)17-26-12-9-20(10-13-26)16-25(2)15-19-4-6-21(7-5-19)27-14-11-24-23(27)28/h3-8,20H,9-17H2,1-2H3,(H,24,28). The van der Waals surface area contributed by atoms with E-state index in [1.807, 2.05) is 13.0 Å². The Bertz CT molecular complexity index is 809. The van der Waals surface area contributed by atoms with E-state index in [2.05, 4.69) is 52.5 Å². The van der Waals surface area contributed by atoms with E-state index >= 15 is 0 Å². The van der Waals surface area contributed by atoms with Gasteiger partial charge in [-0.1, -0.05) is 12.1 Å². The number of anilines is 1. The lowest BCUT2D eigenvalue weighted by molar-refractivity contribution is 0.140. The second-order valence-electron chi connectivity index (χ2n) is 8.48. The molecule has 6 heteroatoms. The van der Waals surface area contributed by atoms with Crippen molar-refractivity contribution in [2.45, 2.75) is 32.9 Å². The number of benzene rings is 1. The minimum Gasteiger partial charge on any atom is -0.465 e. The Balaban J connectivity index is 1.21. The molecule has 0 spiro atoms. The molecule has 1 N–H and O–H groups in total. The van der Waals surface area contributed by atoms with Crippen LogP contribution in [0.2, 0.25) is 0 Å². The number of likely N-dealkylation sites (tertiary alicyclic amines) is 1. The van der Waals surface area contributed by atoms with Crippen molar-refractivity contribution in [2.24, 2.45) is 5.92 Å². The van der Waals surface area contributed by atoms with E-state index in [1.165, 1.54) is 18.4 Å². The highest BCUT2D eigenvalue weighted by Crippen LogP contribution is 2.22. The van der Waals surface area contributed by atoms with E-state index in [-0.39, 0.29) is 6.03 Å². The number of piperidine rings is 1. The van der Waals surface area contributed by atoms with Gasteiger partial charge in [-0.2, -0.15) is 0 Å². The van der Waals surface area contributed by atoms with Gasteiger partial charge in [0.2, 0.25) is 0 Å². The zero-order chi connectivity index (χ0) is 20.2. The Kier molecular flexibility index (Phi) is 6.21. The van der Waals surface area contributed by atoms with Crippen LogP contribution in [-0.4, -0.2) is 55.6 Å². The maximum absolute atomic E-state index is 11.8. The summed E-state index contributed by atoms with van der Waals surface area (Å²) in [5.41, 5.74) is 2.27. The summed E-state index contributed by atoms with van der Waals surface area (Å²) < 4.78 is 5.72. The molecular weight excluding hydrogens is 364 g/mol. The van der Waals surface area contributed by atoms with Crippen LogP contribution in [0.25, 0.3) is 0 Å². The van der Waals surface area contributed by atoms with Gasteiger partial charge >= 0.3 is 6.03 Å². The second kappa shape index (κ2) is 9.01. The molecule has 0 radical (unpaired) electrons. The summed E-state index contributed by atoms with van der Waals surface area (Å²) in [6.45, 7) is 8.76. The van der Waals surface area contributed by atoms with Gasteiger partial charge in [0.15, 0.2) is 0 Å². The fraction of sp³-hybridized carbons (Fsp3) is 0.522. The Labute approximate surface area is 173 Å². The zero-order valence-electron chi connectivity index (χ0n) is 17.6. The van der Waals surface area contributed by atoms with Crippen LogP contribution in [0.15, 0.2) is 40.8 Å². The molecule has 0 saturated carbocycles. The number of hydrogen-bond donors (Lipinski definition) is 1. The molecule has 4 rings (SSSR count). The number of nitrogens with one attached hydrogen (secondary N) is 1. The highest BCUT2D eigenvalue weighted by Gasteiger charge is 2.22. The van der Waals surface area contributed by atoms with Gasteiger partial charge in [-0.25, -0.2) is 4.79 Å². The second-order valence-corrected chi connectivity index (χ2v) is 8.48. The van der Waals surface area contributed by atoms with E-state index in [9.17, 15) is 4.79 Å². The lowest BCUT2D eigenvalue weighted by Gasteiger charge is -2.33. The fourth-order valence-electron chi connectivity index (χ4n) is 4.43. The Morgan fingerprint density at radius 3 is 2.48 bits per heavy atom. The summed E-state index contributed by atoms with van der Waals surface area (Å²) in [6, 6.07) is 12.5. The normalized spacial score (nSPS) is 18.6. The van der Waals surface area contributed by atoms with Crippen LogP contribution in [0, 0.1) is 12.8 Å². The van der Waals surface area contributed by atoms with E-state index in [4.69, 9.17) is 4.42 Å². The minimum atomic E-state index is 0.00314. The summed E-state index contributed by atoms with van der Waals surface area (Å²) in [7, 11) is 2.21. The topological polar surface area (TPSA) is 52.0 Å². The number of carbonyl (C=O) groups excluding carboxylic acids is 1. The number of urea groups is 1. The number of carbonyl (C=O) groups is 1. The van der Waals surface area contributed by atoms with Gasteiger partial charge < -0.3 is 14.6 Å². The van der Waals surface area contributed by atoms with Crippen molar-refractivity contribution < 1.29 is 9.21 Å². The van der Waals surface area contributed by atoms with Crippen LogP contribution in [-0.2, 0) is 13.1 Å². The van der Waals surface area contributed by atoms with Crippen molar-refractivity contribution in [3.8, 4) is 0 Å². The third-order valence-electron chi connectivity index (χ3n) is 6.01. The van der Waals surface area contributed by atoms with Crippen LogP contribution >= 0.6 is 0 Å². The van der Waals surface area contributed by atoms with E-state index in [1.54, 1.807) is 4.90 Å². The number of nitrogens with zero attached hydrogens (tertiary/aromatic N) is 3. The average molecular weight is 397 g/mol. The molecule has 156 valence electrons. The molecule has 1 aromatic heterocycles. The molecule has 0 unspecified atom stereocenters. The van der Waals surface area contributed by atoms with Crippen molar-refractivity contribution in [1.82, 2.24) is 15.1 Å². The van der Waals surface area contributed by atoms with Crippen LogP contribution < -0.4 is 10.2 Å². The maximum atomic E-state index is 11.8. The fourth-order valence-corrected chi connectivity index (χ4v) is 4.43. The summed E-state index contributed by atoms with van der Waals surface area (Å²) in [4.78, 5) is 18.5. The van der Waals surface area contributed by atoms with Gasteiger partial charge in [-0.3, -0.25) is 9.80 Å². The van der Waals surface area contributed by atoms with E-state index < -0.39 is 0 Å². The van der Waals surface area contributed by atoms with Crippen molar-refractivity contribution in [1.29, 1.82) is 0 Å². The number of hydrogen-bond acceptors (Lipinski definition) is 4. The third-order valence-corrected chi connectivity index (χ3v) is 6.01. The van der Waals surface area contributed by atoms with Crippen molar-refractivity contribution >= 4 is 11.7 Å². The summed E-state index contributed by atoms with van der Waals surface area (Å²) in [6.07, 6.45) is 2.49. The van der Waals surface area contributed by atoms with Gasteiger partial charge in [0.05, 0.1) is 6.54 Å². The molecule has 2 saturated heterocycles. The highest BCUT2D eigenvalue weighted by atomic mass is 16.3. The lowest BCUT2D eigenvalue weighted by atomic mass is 9.96. The first kappa shape index (κ1) is 20.0. The summed E-state index contributed by atoms with van der Waals surface area (Å²) in [5.74, 6) is 2.82. The van der Waals surface area contributed by atoms with Crippen LogP contribution in [0.5, 0.6) is 0 Å². The van der Waals surface area contributed by atoms with Crippen molar-refractivity contribution in [3.63, 3.8) is 0 Å². The van der Waals surface area contributed by atoms with Crippen molar-refractivity contribution in [3.05, 3.63) is 53.5 Å². The molecule has 29 heavy (non-hydrogen) atoms. The molecule has 2 aliphatic rings. The van der Waals surface area contributed by atoms with Crippen LogP contribution in [0.4, 0.5) is 10.5 Å². The van der Waals surface area contributed by atoms with Gasteiger partial charge in [0, 0.05) is 31.9 Å². The van der Waals surface area contributed by atoms with E-state index in [0.717, 1.165) is 68.9 Å². The van der Waals surface area contributed by atoms with E-state index in [0.29, 0.717) is 0 Å². The average Bonchev–Trinajstić information content (AvgIpc) is 3.32. The van der Waals surface area contributed by atoms with Gasteiger partial charge in [0.25, 0.3) is 0 Å². The summed E-state index contributed by atoms with van der Waals surface area (Å²) >= 11 is 0. The Morgan fingerprint density at radius 1 is 1.10 bits per heavy atom. The SMILES string of the molecule is Cc1ccc(CN2CCC(CN(C)Cc3ccc(N4CCNC4=O)cc3)CC2)o1. The number of furan rings is 1. The zero-order valence-corrected chi connectivity index (χ0v) is 17.6. The van der Waals surface area contributed by atoms with Crippen LogP contribution in [0.1, 0.15) is 29.9 Å². The Hall–Kier alpha value is -2.31. The molecule has 6 nitrogen and oxygen atoms in total. The predicted octanol–water partition coefficient (Wildman–Crippen LogP) is 3.46. The first-order valence-electron chi connectivity index (χ1n) is 10.7. The quantitative estimate of drug-likeness (QED) is 0.779. The monoisotopic (exact) mass is 396 g/mol. The lowest BCUT2D eigenvalue weighted by Crippen LogP contribution is -2.37. The smallest absolute Gasteiger partial charge is 0.321 e. The van der Waals surface area contributed by atoms with Gasteiger partial charge in [0.1, 0.15) is 11.5 Å². The largest absolute Gasteiger partial charge is 0.465 e. The number of rotatable bonds is 7.